The van der Waals surface area contributed by atoms with Crippen molar-refractivity contribution in [1.29, 1.82) is 0 Å². The molecule has 0 bridgehead atoms. The normalized spacial score (nSPS) is 12.2. The quantitative estimate of drug-likeness (QED) is 0.897. The van der Waals surface area contributed by atoms with E-state index in [0.29, 0.717) is 6.61 Å². The average Bonchev–Trinajstić information content (AvgIpc) is 2.39. The highest BCUT2D eigenvalue weighted by atomic mass is 19.1. The summed E-state index contributed by atoms with van der Waals surface area (Å²) in [6.07, 6.45) is 0. The van der Waals surface area contributed by atoms with E-state index in [0.717, 1.165) is 16.9 Å². The van der Waals surface area contributed by atoms with Crippen molar-refractivity contribution in [1.82, 2.24) is 0 Å². The summed E-state index contributed by atoms with van der Waals surface area (Å²) in [5, 5.41) is 0. The fraction of sp³-hybridized carbons (Fsp3) is 0.200. The largest absolute Gasteiger partial charge is 0.494 e. The van der Waals surface area contributed by atoms with Crippen LogP contribution in [-0.4, -0.2) is 6.61 Å². The Balaban J connectivity index is 2.20. The van der Waals surface area contributed by atoms with Crippen LogP contribution in [0.1, 0.15) is 24.1 Å². The van der Waals surface area contributed by atoms with Crippen molar-refractivity contribution in [2.45, 2.75) is 13.0 Å². The maximum Gasteiger partial charge on any atom is 0.123 e. The van der Waals surface area contributed by atoms with Gasteiger partial charge in [0.25, 0.3) is 0 Å². The summed E-state index contributed by atoms with van der Waals surface area (Å²) in [4.78, 5) is 0. The Bertz CT molecular complexity index is 510. The maximum atomic E-state index is 13.1. The Morgan fingerprint density at radius 2 is 1.83 bits per heavy atom. The lowest BCUT2D eigenvalue weighted by Gasteiger charge is -2.13. The van der Waals surface area contributed by atoms with Crippen molar-refractivity contribution >= 4 is 0 Å². The van der Waals surface area contributed by atoms with Gasteiger partial charge in [-0.3, -0.25) is 0 Å². The molecule has 0 aliphatic rings. The smallest absolute Gasteiger partial charge is 0.123 e. The summed E-state index contributed by atoms with van der Waals surface area (Å²) in [5.74, 6) is 0.543. The highest BCUT2D eigenvalue weighted by Gasteiger charge is 2.09. The monoisotopic (exact) mass is 245 g/mol. The zero-order valence-corrected chi connectivity index (χ0v) is 10.3. The molecule has 3 heteroatoms. The van der Waals surface area contributed by atoms with Gasteiger partial charge in [-0.05, 0) is 42.3 Å². The molecule has 0 saturated heterocycles. The minimum atomic E-state index is -0.323. The number of hydrogen-bond donors (Lipinski definition) is 1. The first-order valence-electron chi connectivity index (χ1n) is 5.94. The highest BCUT2D eigenvalue weighted by Crippen LogP contribution is 2.22. The Hall–Kier alpha value is -1.87. The maximum absolute atomic E-state index is 13.1. The zero-order chi connectivity index (χ0) is 13.0. The molecule has 0 aromatic heterocycles. The second-order valence-corrected chi connectivity index (χ2v) is 4.03. The number of halogens is 1. The number of ether oxygens (including phenoxy) is 1. The van der Waals surface area contributed by atoms with Gasteiger partial charge >= 0.3 is 0 Å². The Labute approximate surface area is 106 Å². The standard InChI is InChI=1S/C15H16FNO/c1-2-18-14-8-6-11(7-9-14)15(17)12-4-3-5-13(16)10-12/h3-10,15H,2,17H2,1H3. The first kappa shape index (κ1) is 12.6. The third-order valence-electron chi connectivity index (χ3n) is 2.76. The second-order valence-electron chi connectivity index (χ2n) is 4.03. The van der Waals surface area contributed by atoms with Gasteiger partial charge in [-0.2, -0.15) is 0 Å². The minimum Gasteiger partial charge on any atom is -0.494 e. The van der Waals surface area contributed by atoms with E-state index in [-0.39, 0.29) is 11.9 Å². The van der Waals surface area contributed by atoms with Gasteiger partial charge in [-0.15, -0.1) is 0 Å². The predicted molar refractivity (Wildman–Crippen MR) is 70.0 cm³/mol. The lowest BCUT2D eigenvalue weighted by atomic mass is 9.99. The van der Waals surface area contributed by atoms with Crippen LogP contribution < -0.4 is 10.5 Å². The Morgan fingerprint density at radius 1 is 1.11 bits per heavy atom. The zero-order valence-electron chi connectivity index (χ0n) is 10.3. The summed E-state index contributed by atoms with van der Waals surface area (Å²) >= 11 is 0. The number of benzene rings is 2. The van der Waals surface area contributed by atoms with E-state index < -0.39 is 0 Å². The molecule has 18 heavy (non-hydrogen) atoms. The van der Waals surface area contributed by atoms with Crippen LogP contribution in [0.4, 0.5) is 4.39 Å². The molecule has 0 aliphatic heterocycles. The van der Waals surface area contributed by atoms with Gasteiger partial charge in [0, 0.05) is 0 Å². The molecule has 2 nitrogen and oxygen atoms in total. The minimum absolute atomic E-state index is 0.270. The fourth-order valence-electron chi connectivity index (χ4n) is 1.83. The molecular weight excluding hydrogens is 229 g/mol. The molecule has 1 unspecified atom stereocenters. The molecule has 0 saturated carbocycles. The van der Waals surface area contributed by atoms with Gasteiger partial charge in [-0.25, -0.2) is 4.39 Å². The van der Waals surface area contributed by atoms with Crippen LogP contribution in [-0.2, 0) is 0 Å². The molecular formula is C15H16FNO. The van der Waals surface area contributed by atoms with Crippen molar-refractivity contribution in [2.75, 3.05) is 6.61 Å². The lowest BCUT2D eigenvalue weighted by Crippen LogP contribution is -2.11. The SMILES string of the molecule is CCOc1ccc(C(N)c2cccc(F)c2)cc1. The summed E-state index contributed by atoms with van der Waals surface area (Å²) in [5.41, 5.74) is 7.80. The molecule has 94 valence electrons. The van der Waals surface area contributed by atoms with Crippen LogP contribution in [0.15, 0.2) is 48.5 Å². The van der Waals surface area contributed by atoms with Crippen LogP contribution in [0, 0.1) is 5.82 Å². The van der Waals surface area contributed by atoms with Crippen molar-refractivity contribution in [2.24, 2.45) is 5.73 Å². The summed E-state index contributed by atoms with van der Waals surface area (Å²) < 4.78 is 18.5. The summed E-state index contributed by atoms with van der Waals surface area (Å²) in [7, 11) is 0. The van der Waals surface area contributed by atoms with E-state index in [1.165, 1.54) is 12.1 Å². The molecule has 2 aromatic carbocycles. The Kier molecular flexibility index (Phi) is 3.95. The van der Waals surface area contributed by atoms with Crippen LogP contribution in [0.3, 0.4) is 0 Å². The van der Waals surface area contributed by atoms with Crippen LogP contribution >= 0.6 is 0 Å². The fourth-order valence-corrected chi connectivity index (χ4v) is 1.83. The van der Waals surface area contributed by atoms with Crippen molar-refractivity contribution in [3.05, 3.63) is 65.5 Å². The van der Waals surface area contributed by atoms with Crippen molar-refractivity contribution in [3.63, 3.8) is 0 Å². The van der Waals surface area contributed by atoms with E-state index in [4.69, 9.17) is 10.5 Å². The topological polar surface area (TPSA) is 35.2 Å². The molecule has 0 heterocycles. The van der Waals surface area contributed by atoms with E-state index in [1.807, 2.05) is 37.3 Å². The van der Waals surface area contributed by atoms with E-state index in [2.05, 4.69) is 0 Å². The molecule has 2 aromatic rings. The highest BCUT2D eigenvalue weighted by molar-refractivity contribution is 5.35. The van der Waals surface area contributed by atoms with E-state index in [1.54, 1.807) is 6.07 Å². The van der Waals surface area contributed by atoms with E-state index in [9.17, 15) is 4.39 Å². The van der Waals surface area contributed by atoms with Crippen molar-refractivity contribution < 1.29 is 9.13 Å². The first-order chi connectivity index (χ1) is 8.70. The number of hydrogen-bond acceptors (Lipinski definition) is 2. The molecule has 0 aliphatic carbocycles. The third kappa shape index (κ3) is 2.87. The van der Waals surface area contributed by atoms with Crippen molar-refractivity contribution in [3.8, 4) is 5.75 Å². The lowest BCUT2D eigenvalue weighted by molar-refractivity contribution is 0.340. The van der Waals surface area contributed by atoms with Gasteiger partial charge in [0.15, 0.2) is 0 Å². The predicted octanol–water partition coefficient (Wildman–Crippen LogP) is 3.27. The van der Waals surface area contributed by atoms with Gasteiger partial charge in [0.05, 0.1) is 12.6 Å². The second kappa shape index (κ2) is 5.65. The van der Waals surface area contributed by atoms with Crippen LogP contribution in [0.5, 0.6) is 5.75 Å². The Morgan fingerprint density at radius 3 is 2.44 bits per heavy atom. The number of rotatable bonds is 4. The molecule has 0 spiro atoms. The first-order valence-corrected chi connectivity index (χ1v) is 5.94. The summed E-state index contributed by atoms with van der Waals surface area (Å²) in [6.45, 7) is 2.57. The average molecular weight is 245 g/mol. The van der Waals surface area contributed by atoms with Gasteiger partial charge in [0.2, 0.25) is 0 Å². The molecule has 2 N–H and O–H groups in total. The van der Waals surface area contributed by atoms with Gasteiger partial charge in [0.1, 0.15) is 11.6 Å². The van der Waals surface area contributed by atoms with E-state index >= 15 is 0 Å². The molecule has 0 fully saturated rings. The summed E-state index contributed by atoms with van der Waals surface area (Å²) in [6, 6.07) is 13.6. The molecule has 0 radical (unpaired) electrons. The third-order valence-corrected chi connectivity index (χ3v) is 2.76. The van der Waals surface area contributed by atoms with Crippen LogP contribution in [0.25, 0.3) is 0 Å². The van der Waals surface area contributed by atoms with Gasteiger partial charge in [-0.1, -0.05) is 24.3 Å². The van der Waals surface area contributed by atoms with Gasteiger partial charge < -0.3 is 10.5 Å². The molecule has 1 atom stereocenters. The van der Waals surface area contributed by atoms with Crippen LogP contribution in [0.2, 0.25) is 0 Å². The molecule has 2 rings (SSSR count). The number of nitrogens with two attached hydrogens (primary N) is 1. The molecule has 0 amide bonds.